The SMILES string of the molecule is COc1cc(N)c(N(C)c2ccc(F)cc2)cc1OC. The maximum absolute atomic E-state index is 13.0. The third-order valence-electron chi connectivity index (χ3n) is 3.11. The van der Waals surface area contributed by atoms with E-state index in [-0.39, 0.29) is 5.82 Å². The van der Waals surface area contributed by atoms with Crippen molar-refractivity contribution >= 4 is 17.1 Å². The van der Waals surface area contributed by atoms with Crippen LogP contribution in [0.25, 0.3) is 0 Å². The molecule has 0 bridgehead atoms. The summed E-state index contributed by atoms with van der Waals surface area (Å²) in [6.07, 6.45) is 0. The van der Waals surface area contributed by atoms with Crippen LogP contribution in [0.2, 0.25) is 0 Å². The fourth-order valence-electron chi connectivity index (χ4n) is 1.98. The van der Waals surface area contributed by atoms with Crippen LogP contribution in [0.15, 0.2) is 36.4 Å². The predicted molar refractivity (Wildman–Crippen MR) is 78.4 cm³/mol. The molecule has 0 saturated carbocycles. The highest BCUT2D eigenvalue weighted by Gasteiger charge is 2.13. The van der Waals surface area contributed by atoms with Gasteiger partial charge in [-0.25, -0.2) is 4.39 Å². The van der Waals surface area contributed by atoms with Gasteiger partial charge in [0, 0.05) is 24.9 Å². The minimum atomic E-state index is -0.276. The van der Waals surface area contributed by atoms with Crippen LogP contribution in [0, 0.1) is 5.82 Å². The molecule has 0 atom stereocenters. The van der Waals surface area contributed by atoms with Crippen molar-refractivity contribution in [3.05, 3.63) is 42.2 Å². The van der Waals surface area contributed by atoms with Crippen LogP contribution in [0.5, 0.6) is 11.5 Å². The highest BCUT2D eigenvalue weighted by molar-refractivity contribution is 5.78. The van der Waals surface area contributed by atoms with Gasteiger partial charge in [0.25, 0.3) is 0 Å². The Morgan fingerprint density at radius 3 is 2.10 bits per heavy atom. The van der Waals surface area contributed by atoms with E-state index in [1.54, 1.807) is 38.5 Å². The summed E-state index contributed by atoms with van der Waals surface area (Å²) in [5.41, 5.74) is 8.17. The lowest BCUT2D eigenvalue weighted by atomic mass is 10.2. The molecular formula is C15H17FN2O2. The van der Waals surface area contributed by atoms with Gasteiger partial charge in [-0.15, -0.1) is 0 Å². The Morgan fingerprint density at radius 1 is 1.00 bits per heavy atom. The predicted octanol–water partition coefficient (Wildman–Crippen LogP) is 3.19. The molecule has 0 aliphatic rings. The van der Waals surface area contributed by atoms with E-state index in [9.17, 15) is 4.39 Å². The Balaban J connectivity index is 2.43. The molecule has 0 unspecified atom stereocenters. The van der Waals surface area contributed by atoms with Crippen LogP contribution in [0.3, 0.4) is 0 Å². The van der Waals surface area contributed by atoms with Crippen molar-refractivity contribution in [2.24, 2.45) is 0 Å². The number of nitrogens with zero attached hydrogens (tertiary/aromatic N) is 1. The fraction of sp³-hybridized carbons (Fsp3) is 0.200. The van der Waals surface area contributed by atoms with Gasteiger partial charge >= 0.3 is 0 Å². The summed E-state index contributed by atoms with van der Waals surface area (Å²) in [7, 11) is 4.97. The lowest BCUT2D eigenvalue weighted by Crippen LogP contribution is -2.12. The summed E-state index contributed by atoms with van der Waals surface area (Å²) in [5, 5.41) is 0. The van der Waals surface area contributed by atoms with Crippen LogP contribution in [-0.4, -0.2) is 21.3 Å². The van der Waals surface area contributed by atoms with Crippen LogP contribution in [0.1, 0.15) is 0 Å². The van der Waals surface area contributed by atoms with Crippen LogP contribution >= 0.6 is 0 Å². The van der Waals surface area contributed by atoms with Crippen molar-refractivity contribution in [1.82, 2.24) is 0 Å². The first-order valence-electron chi connectivity index (χ1n) is 6.07. The minimum absolute atomic E-state index is 0.276. The van der Waals surface area contributed by atoms with Crippen molar-refractivity contribution in [3.63, 3.8) is 0 Å². The van der Waals surface area contributed by atoms with Crippen LogP contribution in [-0.2, 0) is 0 Å². The Morgan fingerprint density at radius 2 is 1.55 bits per heavy atom. The van der Waals surface area contributed by atoms with E-state index in [0.717, 1.165) is 11.4 Å². The maximum atomic E-state index is 13.0. The Hall–Kier alpha value is -2.43. The van der Waals surface area contributed by atoms with Gasteiger partial charge in [-0.05, 0) is 24.3 Å². The molecular weight excluding hydrogens is 259 g/mol. The first kappa shape index (κ1) is 14.0. The largest absolute Gasteiger partial charge is 0.493 e. The summed E-state index contributed by atoms with van der Waals surface area (Å²) < 4.78 is 23.4. The first-order chi connectivity index (χ1) is 9.56. The number of anilines is 3. The number of hydrogen-bond donors (Lipinski definition) is 1. The molecule has 0 spiro atoms. The quantitative estimate of drug-likeness (QED) is 0.871. The topological polar surface area (TPSA) is 47.7 Å². The number of halogens is 1. The number of rotatable bonds is 4. The number of hydrogen-bond acceptors (Lipinski definition) is 4. The summed E-state index contributed by atoms with van der Waals surface area (Å²) in [4.78, 5) is 1.86. The molecule has 0 heterocycles. The Bertz CT molecular complexity index is 600. The highest BCUT2D eigenvalue weighted by atomic mass is 19.1. The van der Waals surface area contributed by atoms with Gasteiger partial charge in [0.1, 0.15) is 5.82 Å². The van der Waals surface area contributed by atoms with E-state index in [1.165, 1.54) is 12.1 Å². The van der Waals surface area contributed by atoms with E-state index in [2.05, 4.69) is 0 Å². The normalized spacial score (nSPS) is 10.2. The van der Waals surface area contributed by atoms with Gasteiger partial charge in [0.05, 0.1) is 25.6 Å². The second-order valence-corrected chi connectivity index (χ2v) is 4.30. The van der Waals surface area contributed by atoms with Gasteiger partial charge in [0.15, 0.2) is 11.5 Å². The summed E-state index contributed by atoms with van der Waals surface area (Å²) in [6, 6.07) is 9.67. The molecule has 20 heavy (non-hydrogen) atoms. The van der Waals surface area contributed by atoms with Crippen molar-refractivity contribution < 1.29 is 13.9 Å². The molecule has 0 aromatic heterocycles. The van der Waals surface area contributed by atoms with Gasteiger partial charge in [-0.2, -0.15) is 0 Å². The zero-order chi connectivity index (χ0) is 14.7. The molecule has 2 aromatic carbocycles. The summed E-state index contributed by atoms with van der Waals surface area (Å²) in [6.45, 7) is 0. The van der Waals surface area contributed by atoms with E-state index in [1.807, 2.05) is 11.9 Å². The van der Waals surface area contributed by atoms with E-state index in [0.29, 0.717) is 17.2 Å². The first-order valence-corrected chi connectivity index (χ1v) is 6.07. The molecule has 0 saturated heterocycles. The standard InChI is InChI=1S/C15H17FN2O2/c1-18(11-6-4-10(16)5-7-11)13-9-15(20-3)14(19-2)8-12(13)17/h4-9H,17H2,1-3H3. The average molecular weight is 276 g/mol. The molecule has 0 amide bonds. The average Bonchev–Trinajstić information content (AvgIpc) is 2.47. The second-order valence-electron chi connectivity index (χ2n) is 4.30. The number of benzene rings is 2. The van der Waals surface area contributed by atoms with E-state index in [4.69, 9.17) is 15.2 Å². The maximum Gasteiger partial charge on any atom is 0.162 e. The number of nitrogen functional groups attached to an aromatic ring is 1. The molecule has 2 N–H and O–H groups in total. The molecule has 2 rings (SSSR count). The van der Waals surface area contributed by atoms with E-state index >= 15 is 0 Å². The molecule has 0 radical (unpaired) electrons. The lowest BCUT2D eigenvalue weighted by Gasteiger charge is -2.22. The van der Waals surface area contributed by atoms with E-state index < -0.39 is 0 Å². The molecule has 4 nitrogen and oxygen atoms in total. The molecule has 106 valence electrons. The fourth-order valence-corrected chi connectivity index (χ4v) is 1.98. The Labute approximate surface area is 117 Å². The smallest absolute Gasteiger partial charge is 0.162 e. The number of ether oxygens (including phenoxy) is 2. The zero-order valence-corrected chi connectivity index (χ0v) is 11.7. The Kier molecular flexibility index (Phi) is 3.98. The van der Waals surface area contributed by atoms with Crippen molar-refractivity contribution in [1.29, 1.82) is 0 Å². The molecule has 0 aliphatic heterocycles. The zero-order valence-electron chi connectivity index (χ0n) is 11.7. The second kappa shape index (κ2) is 5.69. The number of methoxy groups -OCH3 is 2. The lowest BCUT2D eigenvalue weighted by molar-refractivity contribution is 0.355. The molecule has 0 aliphatic carbocycles. The van der Waals surface area contributed by atoms with Crippen LogP contribution < -0.4 is 20.1 Å². The van der Waals surface area contributed by atoms with Crippen molar-refractivity contribution in [2.75, 3.05) is 31.9 Å². The third kappa shape index (κ3) is 2.61. The van der Waals surface area contributed by atoms with Gasteiger partial charge < -0.3 is 20.1 Å². The van der Waals surface area contributed by atoms with Gasteiger partial charge in [0.2, 0.25) is 0 Å². The summed E-state index contributed by atoms with van der Waals surface area (Å²) in [5.74, 6) is 0.884. The monoisotopic (exact) mass is 276 g/mol. The van der Waals surface area contributed by atoms with Gasteiger partial charge in [-0.3, -0.25) is 0 Å². The highest BCUT2D eigenvalue weighted by Crippen LogP contribution is 2.38. The van der Waals surface area contributed by atoms with Gasteiger partial charge in [-0.1, -0.05) is 0 Å². The van der Waals surface area contributed by atoms with Crippen molar-refractivity contribution in [2.45, 2.75) is 0 Å². The van der Waals surface area contributed by atoms with Crippen LogP contribution in [0.4, 0.5) is 21.5 Å². The molecule has 2 aromatic rings. The number of nitrogens with two attached hydrogens (primary N) is 1. The third-order valence-corrected chi connectivity index (χ3v) is 3.11. The van der Waals surface area contributed by atoms with Crippen molar-refractivity contribution in [3.8, 4) is 11.5 Å². The summed E-state index contributed by atoms with van der Waals surface area (Å²) >= 11 is 0. The molecule has 0 fully saturated rings. The molecule has 5 heteroatoms. The minimum Gasteiger partial charge on any atom is -0.493 e.